The normalized spacial score (nSPS) is 19.5. The maximum absolute atomic E-state index is 13.5. The zero-order chi connectivity index (χ0) is 58.9. The highest BCUT2D eigenvalue weighted by Crippen LogP contribution is 2.26. The van der Waals surface area contributed by atoms with Crippen molar-refractivity contribution >= 4 is 11.9 Å². The Morgan fingerprint density at radius 3 is 1.36 bits per heavy atom. The maximum atomic E-state index is 13.5. The smallest absolute Gasteiger partial charge is 0.306 e. The standard InChI is InChI=1S/C70H117NO10/c1-4-7-10-13-16-19-22-25-27-29-30-31-32-33-35-36-39-42-45-48-51-54-57-63(74)69(78)71-61(62(73)56-53-50-47-44-41-38-24-21-18-15-12-9-6-3)60-79-70-68(67(77)66(76)64(59-72)80-70)81-65(75)58-55-52-49-46-43-40-37-34-28-26-23-20-17-14-11-8-5-2/h7,10,16-17,19-20,25-28,30-31,33,35,37,40,46,49,53,56,61-64,66-68,70,72-74,76-77H,4-6,8-9,11-15,18,21-24,29,32,34,36,38-39,41-45,47-48,50-52,54-55,57-60H2,1-3H3,(H,71,78)/b10-7-,19-16-,20-17-,27-25-,28-26-,31-30-,35-33-,40-37-,49-46-,56-53+. The first-order valence-electron chi connectivity index (χ1n) is 32.3. The van der Waals surface area contributed by atoms with Crippen molar-refractivity contribution in [2.45, 2.75) is 294 Å². The molecule has 1 fully saturated rings. The molecule has 6 N–H and O–H groups in total. The lowest BCUT2D eigenvalue weighted by atomic mass is 9.99. The number of allylic oxidation sites excluding steroid dienone is 19. The van der Waals surface area contributed by atoms with Crippen molar-refractivity contribution in [1.29, 1.82) is 0 Å². The van der Waals surface area contributed by atoms with Crippen LogP contribution in [-0.2, 0) is 23.8 Å². The van der Waals surface area contributed by atoms with Gasteiger partial charge in [0.05, 0.1) is 25.4 Å². The van der Waals surface area contributed by atoms with Crippen LogP contribution in [0.5, 0.6) is 0 Å². The van der Waals surface area contributed by atoms with Crippen molar-refractivity contribution < 1.29 is 49.3 Å². The van der Waals surface area contributed by atoms with Crippen LogP contribution in [0.4, 0.5) is 0 Å². The van der Waals surface area contributed by atoms with E-state index in [-0.39, 0.29) is 19.4 Å². The Bertz CT molecular complexity index is 1780. The number of hydrogen-bond donors (Lipinski definition) is 6. The van der Waals surface area contributed by atoms with Gasteiger partial charge in [-0.15, -0.1) is 0 Å². The van der Waals surface area contributed by atoms with Gasteiger partial charge >= 0.3 is 5.97 Å². The quantitative estimate of drug-likeness (QED) is 0.0195. The van der Waals surface area contributed by atoms with Crippen molar-refractivity contribution in [2.24, 2.45) is 0 Å². The molecule has 1 aliphatic rings. The third-order valence-corrected chi connectivity index (χ3v) is 14.3. The summed E-state index contributed by atoms with van der Waals surface area (Å²) in [6.07, 6.45) is 68.0. The number of aliphatic hydroxyl groups excluding tert-OH is 5. The molecule has 0 bridgehead atoms. The molecule has 1 amide bonds. The van der Waals surface area contributed by atoms with Gasteiger partial charge in [-0.3, -0.25) is 9.59 Å². The van der Waals surface area contributed by atoms with E-state index in [1.54, 1.807) is 6.08 Å². The largest absolute Gasteiger partial charge is 0.454 e. The van der Waals surface area contributed by atoms with E-state index in [1.807, 2.05) is 18.2 Å². The van der Waals surface area contributed by atoms with Gasteiger partial charge in [0, 0.05) is 6.42 Å². The average molecular weight is 1130 g/mol. The minimum atomic E-state index is -1.65. The van der Waals surface area contributed by atoms with Gasteiger partial charge in [-0.1, -0.05) is 251 Å². The molecule has 0 saturated carbocycles. The number of carbonyl (C=O) groups excluding carboxylic acids is 2. The number of amides is 1. The van der Waals surface area contributed by atoms with Gasteiger partial charge in [-0.05, 0) is 109 Å². The van der Waals surface area contributed by atoms with E-state index in [4.69, 9.17) is 14.2 Å². The molecule has 8 unspecified atom stereocenters. The van der Waals surface area contributed by atoms with Crippen molar-refractivity contribution in [1.82, 2.24) is 5.32 Å². The molecule has 1 saturated heterocycles. The Labute approximate surface area is 493 Å². The molecule has 0 aromatic carbocycles. The average Bonchev–Trinajstić information content (AvgIpc) is 3.49. The first-order chi connectivity index (χ1) is 39.7. The van der Waals surface area contributed by atoms with Crippen LogP contribution in [0.25, 0.3) is 0 Å². The molecule has 8 atom stereocenters. The van der Waals surface area contributed by atoms with Crippen molar-refractivity contribution in [3.63, 3.8) is 0 Å². The molecule has 81 heavy (non-hydrogen) atoms. The molecular weight excluding hydrogens is 1010 g/mol. The third-order valence-electron chi connectivity index (χ3n) is 14.3. The summed E-state index contributed by atoms with van der Waals surface area (Å²) >= 11 is 0. The Morgan fingerprint density at radius 1 is 0.494 bits per heavy atom. The highest BCUT2D eigenvalue weighted by Gasteiger charge is 2.47. The molecule has 0 radical (unpaired) electrons. The minimum absolute atomic E-state index is 0.0402. The zero-order valence-electron chi connectivity index (χ0n) is 51.1. The number of unbranched alkanes of at least 4 members (excludes halogenated alkanes) is 21. The lowest BCUT2D eigenvalue weighted by Crippen LogP contribution is -2.61. The van der Waals surface area contributed by atoms with Gasteiger partial charge in [0.2, 0.25) is 5.91 Å². The van der Waals surface area contributed by atoms with Crippen molar-refractivity contribution in [2.75, 3.05) is 13.2 Å². The SMILES string of the molecule is CC/C=C\C/C=C\C/C=C\C/C=C\C/C=C\CCCCCCCCC(O)C(=O)NC(COC1OC(CO)C(O)C(O)C1OC(=O)CCC/C=C\C/C=C\C/C=C\C/C=C\CCCCC)C(O)/C=C/CCCCCCCCCCCCC. The van der Waals surface area contributed by atoms with Gasteiger partial charge in [-0.2, -0.15) is 0 Å². The molecular formula is C70H117NO10. The topological polar surface area (TPSA) is 175 Å². The van der Waals surface area contributed by atoms with Gasteiger partial charge in [0.1, 0.15) is 24.4 Å². The molecule has 462 valence electrons. The van der Waals surface area contributed by atoms with Gasteiger partial charge < -0.3 is 45.1 Å². The number of ether oxygens (including phenoxy) is 3. The fourth-order valence-corrected chi connectivity index (χ4v) is 9.26. The number of esters is 1. The molecule has 1 rings (SSSR count). The fraction of sp³-hybridized carbons (Fsp3) is 0.686. The molecule has 0 aromatic heterocycles. The van der Waals surface area contributed by atoms with E-state index < -0.39 is 67.4 Å². The molecule has 0 aliphatic carbocycles. The molecule has 1 heterocycles. The first-order valence-corrected chi connectivity index (χ1v) is 32.3. The van der Waals surface area contributed by atoms with Crippen LogP contribution in [0, 0.1) is 0 Å². The van der Waals surface area contributed by atoms with Crippen LogP contribution in [0.15, 0.2) is 122 Å². The van der Waals surface area contributed by atoms with Crippen molar-refractivity contribution in [3.05, 3.63) is 122 Å². The first kappa shape index (κ1) is 75.1. The fourth-order valence-electron chi connectivity index (χ4n) is 9.26. The van der Waals surface area contributed by atoms with Crippen molar-refractivity contribution in [3.8, 4) is 0 Å². The molecule has 1 aliphatic heterocycles. The summed E-state index contributed by atoms with van der Waals surface area (Å²) in [6, 6.07) is -1.05. The van der Waals surface area contributed by atoms with Crippen LogP contribution in [0.3, 0.4) is 0 Å². The minimum Gasteiger partial charge on any atom is -0.454 e. The zero-order valence-corrected chi connectivity index (χ0v) is 51.1. The van der Waals surface area contributed by atoms with Crippen LogP contribution in [0.2, 0.25) is 0 Å². The van der Waals surface area contributed by atoms with E-state index in [2.05, 4.69) is 123 Å². The van der Waals surface area contributed by atoms with E-state index >= 15 is 0 Å². The summed E-state index contributed by atoms with van der Waals surface area (Å²) in [7, 11) is 0. The van der Waals surface area contributed by atoms with Crippen LogP contribution in [0.1, 0.15) is 245 Å². The Kier molecular flexibility index (Phi) is 52.4. The summed E-state index contributed by atoms with van der Waals surface area (Å²) in [5.41, 5.74) is 0. The second kappa shape index (κ2) is 56.5. The maximum Gasteiger partial charge on any atom is 0.306 e. The highest BCUT2D eigenvalue weighted by molar-refractivity contribution is 5.80. The summed E-state index contributed by atoms with van der Waals surface area (Å²) in [5.74, 6) is -1.27. The van der Waals surface area contributed by atoms with E-state index in [1.165, 1.54) is 70.6 Å². The molecule has 0 aromatic rings. The highest BCUT2D eigenvalue weighted by atomic mass is 16.7. The summed E-state index contributed by atoms with van der Waals surface area (Å²) in [6.45, 7) is 5.61. The molecule has 0 spiro atoms. The third kappa shape index (κ3) is 44.3. The monoisotopic (exact) mass is 1130 g/mol. The summed E-state index contributed by atoms with van der Waals surface area (Å²) in [5, 5.41) is 57.1. The van der Waals surface area contributed by atoms with Crippen LogP contribution < -0.4 is 5.32 Å². The number of rotatable bonds is 53. The Balaban J connectivity index is 2.71. The second-order valence-electron chi connectivity index (χ2n) is 21.8. The van der Waals surface area contributed by atoms with E-state index in [9.17, 15) is 35.1 Å². The second-order valence-corrected chi connectivity index (χ2v) is 21.8. The van der Waals surface area contributed by atoms with Gasteiger partial charge in [0.15, 0.2) is 12.4 Å². The summed E-state index contributed by atoms with van der Waals surface area (Å²) in [4.78, 5) is 26.6. The predicted molar refractivity (Wildman–Crippen MR) is 338 cm³/mol. The van der Waals surface area contributed by atoms with Crippen LogP contribution in [-0.4, -0.2) is 99.6 Å². The van der Waals surface area contributed by atoms with Gasteiger partial charge in [-0.25, -0.2) is 0 Å². The lowest BCUT2D eigenvalue weighted by molar-refractivity contribution is -0.305. The summed E-state index contributed by atoms with van der Waals surface area (Å²) < 4.78 is 17.6. The Morgan fingerprint density at radius 2 is 0.889 bits per heavy atom. The molecule has 11 nitrogen and oxygen atoms in total. The van der Waals surface area contributed by atoms with Crippen LogP contribution >= 0.6 is 0 Å². The number of aliphatic hydroxyl groups is 5. The number of carbonyl (C=O) groups is 2. The predicted octanol–water partition coefficient (Wildman–Crippen LogP) is 15.8. The lowest BCUT2D eigenvalue weighted by Gasteiger charge is -2.41. The Hall–Kier alpha value is -3.94. The number of nitrogens with one attached hydrogen (secondary N) is 1. The van der Waals surface area contributed by atoms with Gasteiger partial charge in [0.25, 0.3) is 0 Å². The van der Waals surface area contributed by atoms with E-state index in [0.29, 0.717) is 19.3 Å². The van der Waals surface area contributed by atoms with E-state index in [0.717, 1.165) is 122 Å². The molecule has 11 heteroatoms. The number of hydrogen-bond acceptors (Lipinski definition) is 10.